The molecule has 136 valence electrons. The molecule has 0 spiro atoms. The van der Waals surface area contributed by atoms with Crippen LogP contribution < -0.4 is 0 Å². The van der Waals surface area contributed by atoms with Gasteiger partial charge in [0.1, 0.15) is 5.65 Å². The third-order valence-corrected chi connectivity index (χ3v) is 5.63. The Morgan fingerprint density at radius 2 is 2.38 bits per heavy atom. The van der Waals surface area contributed by atoms with E-state index in [1.54, 1.807) is 11.3 Å². The van der Waals surface area contributed by atoms with Crippen LogP contribution in [0.5, 0.6) is 0 Å². The Kier molecular flexibility index (Phi) is 5.04. The van der Waals surface area contributed by atoms with E-state index in [1.807, 2.05) is 40.8 Å². The summed E-state index contributed by atoms with van der Waals surface area (Å²) in [5.41, 5.74) is 4.13. The average Bonchev–Trinajstić information content (AvgIpc) is 3.37. The number of fused-ring (bicyclic) bond motifs is 1. The fourth-order valence-electron chi connectivity index (χ4n) is 3.49. The highest BCUT2D eigenvalue weighted by Gasteiger charge is 2.23. The summed E-state index contributed by atoms with van der Waals surface area (Å²) in [7, 11) is 0. The second kappa shape index (κ2) is 7.60. The molecule has 4 rings (SSSR count). The molecule has 0 N–H and O–H groups in total. The van der Waals surface area contributed by atoms with Crippen LogP contribution in [0.4, 0.5) is 0 Å². The summed E-state index contributed by atoms with van der Waals surface area (Å²) < 4.78 is 7.78. The molecular weight excluding hydrogens is 346 g/mol. The van der Waals surface area contributed by atoms with Gasteiger partial charge < -0.3 is 14.0 Å². The molecule has 1 unspecified atom stereocenters. The van der Waals surface area contributed by atoms with Gasteiger partial charge >= 0.3 is 0 Å². The number of aryl methyl sites for hydroxylation is 1. The van der Waals surface area contributed by atoms with Gasteiger partial charge in [0, 0.05) is 32.1 Å². The van der Waals surface area contributed by atoms with Gasteiger partial charge in [-0.1, -0.05) is 6.07 Å². The van der Waals surface area contributed by atoms with Crippen LogP contribution in [-0.4, -0.2) is 39.4 Å². The van der Waals surface area contributed by atoms with Crippen molar-refractivity contribution in [3.63, 3.8) is 0 Å². The van der Waals surface area contributed by atoms with E-state index in [2.05, 4.69) is 21.8 Å². The van der Waals surface area contributed by atoms with Gasteiger partial charge in [-0.15, -0.1) is 0 Å². The number of thiophene rings is 1. The van der Waals surface area contributed by atoms with E-state index in [9.17, 15) is 4.79 Å². The molecule has 3 aromatic rings. The largest absolute Gasteiger partial charge is 0.376 e. The molecule has 1 amide bonds. The predicted molar refractivity (Wildman–Crippen MR) is 102 cm³/mol. The van der Waals surface area contributed by atoms with Gasteiger partial charge in [0.2, 0.25) is 5.91 Å². The lowest BCUT2D eigenvalue weighted by Crippen LogP contribution is -2.37. The first-order valence-electron chi connectivity index (χ1n) is 9.03. The van der Waals surface area contributed by atoms with Gasteiger partial charge in [-0.2, -0.15) is 11.3 Å². The highest BCUT2D eigenvalue weighted by Crippen LogP contribution is 2.18. The van der Waals surface area contributed by atoms with Crippen molar-refractivity contribution in [2.24, 2.45) is 0 Å². The second-order valence-electron chi connectivity index (χ2n) is 6.85. The standard InChI is InChI=1S/C20H23N3O2S/c1-15-4-2-7-23-17(11-21-20(15)23)10-19(24)22(12-16-6-9-26-14-16)13-18-5-3-8-25-18/h2,4,6-7,9,11,14,18H,3,5,8,10,12-13H2,1H3. The van der Waals surface area contributed by atoms with Crippen molar-refractivity contribution in [1.29, 1.82) is 0 Å². The maximum absolute atomic E-state index is 13.1. The van der Waals surface area contributed by atoms with E-state index in [1.165, 1.54) is 5.56 Å². The van der Waals surface area contributed by atoms with Crippen molar-refractivity contribution in [3.05, 3.63) is 58.2 Å². The number of carbonyl (C=O) groups excluding carboxylic acids is 1. The first-order valence-corrected chi connectivity index (χ1v) is 9.97. The maximum Gasteiger partial charge on any atom is 0.228 e. The van der Waals surface area contributed by atoms with Gasteiger partial charge in [-0.05, 0) is 53.8 Å². The normalized spacial score (nSPS) is 17.0. The number of aromatic nitrogens is 2. The molecular formula is C20H23N3O2S. The lowest BCUT2D eigenvalue weighted by atomic mass is 10.2. The van der Waals surface area contributed by atoms with E-state index < -0.39 is 0 Å². The highest BCUT2D eigenvalue weighted by atomic mass is 32.1. The number of pyridine rings is 1. The molecule has 5 nitrogen and oxygen atoms in total. The Bertz CT molecular complexity index is 882. The van der Waals surface area contributed by atoms with Crippen LogP contribution in [0, 0.1) is 6.92 Å². The van der Waals surface area contributed by atoms with Crippen molar-refractivity contribution < 1.29 is 9.53 Å². The third kappa shape index (κ3) is 3.66. The van der Waals surface area contributed by atoms with Crippen molar-refractivity contribution >= 4 is 22.9 Å². The van der Waals surface area contributed by atoms with E-state index in [0.29, 0.717) is 19.5 Å². The fraction of sp³-hybridized carbons (Fsp3) is 0.400. The summed E-state index contributed by atoms with van der Waals surface area (Å²) >= 11 is 1.66. The van der Waals surface area contributed by atoms with Crippen LogP contribution >= 0.6 is 11.3 Å². The Hall–Kier alpha value is -2.18. The van der Waals surface area contributed by atoms with Crippen molar-refractivity contribution in [3.8, 4) is 0 Å². The molecule has 0 radical (unpaired) electrons. The average molecular weight is 369 g/mol. The molecule has 0 aromatic carbocycles. The zero-order valence-electron chi connectivity index (χ0n) is 14.9. The number of nitrogens with zero attached hydrogens (tertiary/aromatic N) is 3. The number of ether oxygens (including phenoxy) is 1. The summed E-state index contributed by atoms with van der Waals surface area (Å²) in [6.45, 7) is 4.13. The lowest BCUT2D eigenvalue weighted by molar-refractivity contribution is -0.132. The van der Waals surface area contributed by atoms with Gasteiger partial charge in [0.15, 0.2) is 0 Å². The van der Waals surface area contributed by atoms with Crippen LogP contribution in [-0.2, 0) is 22.5 Å². The van der Waals surface area contributed by atoms with Crippen LogP contribution in [0.25, 0.3) is 5.65 Å². The zero-order valence-corrected chi connectivity index (χ0v) is 15.7. The van der Waals surface area contributed by atoms with E-state index in [-0.39, 0.29) is 12.0 Å². The molecule has 1 atom stereocenters. The smallest absolute Gasteiger partial charge is 0.228 e. The Labute approximate surface area is 157 Å². The molecule has 0 bridgehead atoms. The minimum Gasteiger partial charge on any atom is -0.376 e. The van der Waals surface area contributed by atoms with E-state index in [0.717, 1.165) is 36.4 Å². The number of carbonyl (C=O) groups is 1. The molecule has 0 saturated carbocycles. The maximum atomic E-state index is 13.1. The van der Waals surface area contributed by atoms with Crippen molar-refractivity contribution in [2.75, 3.05) is 13.2 Å². The van der Waals surface area contributed by atoms with E-state index in [4.69, 9.17) is 4.74 Å². The number of rotatable bonds is 6. The van der Waals surface area contributed by atoms with E-state index >= 15 is 0 Å². The second-order valence-corrected chi connectivity index (χ2v) is 7.63. The summed E-state index contributed by atoms with van der Waals surface area (Å²) in [5, 5.41) is 4.16. The van der Waals surface area contributed by atoms with Crippen LogP contribution in [0.15, 0.2) is 41.4 Å². The third-order valence-electron chi connectivity index (χ3n) is 4.89. The van der Waals surface area contributed by atoms with Gasteiger partial charge in [-0.3, -0.25) is 4.79 Å². The van der Waals surface area contributed by atoms with Crippen molar-refractivity contribution in [1.82, 2.24) is 14.3 Å². The Morgan fingerprint density at radius 1 is 1.46 bits per heavy atom. The number of hydrogen-bond acceptors (Lipinski definition) is 4. The molecule has 1 fully saturated rings. The molecule has 0 aliphatic carbocycles. The molecule has 1 aliphatic rings. The van der Waals surface area contributed by atoms with Crippen molar-refractivity contribution in [2.45, 2.75) is 38.8 Å². The Morgan fingerprint density at radius 3 is 3.15 bits per heavy atom. The summed E-state index contributed by atoms with van der Waals surface area (Å²) in [5.74, 6) is 0.120. The lowest BCUT2D eigenvalue weighted by Gasteiger charge is -2.25. The van der Waals surface area contributed by atoms with Gasteiger partial charge in [0.05, 0.1) is 18.2 Å². The summed E-state index contributed by atoms with van der Waals surface area (Å²) in [4.78, 5) is 19.5. The molecule has 3 aromatic heterocycles. The summed E-state index contributed by atoms with van der Waals surface area (Å²) in [6, 6.07) is 6.11. The van der Waals surface area contributed by atoms with Gasteiger partial charge in [0.25, 0.3) is 0 Å². The number of hydrogen-bond donors (Lipinski definition) is 0. The number of amides is 1. The monoisotopic (exact) mass is 369 g/mol. The predicted octanol–water partition coefficient (Wildman–Crippen LogP) is 3.45. The number of imidazole rings is 1. The zero-order chi connectivity index (χ0) is 17.9. The first kappa shape index (κ1) is 17.2. The van der Waals surface area contributed by atoms with Crippen LogP contribution in [0.1, 0.15) is 29.7 Å². The quantitative estimate of drug-likeness (QED) is 0.669. The molecule has 6 heteroatoms. The molecule has 1 aliphatic heterocycles. The van der Waals surface area contributed by atoms with Gasteiger partial charge in [-0.25, -0.2) is 4.98 Å². The SMILES string of the molecule is Cc1cccn2c(CC(=O)N(Cc3ccsc3)CC3CCCO3)cnc12. The van der Waals surface area contributed by atoms with Crippen LogP contribution in [0.3, 0.4) is 0 Å². The molecule has 4 heterocycles. The van der Waals surface area contributed by atoms with Crippen LogP contribution in [0.2, 0.25) is 0 Å². The fourth-order valence-corrected chi connectivity index (χ4v) is 4.15. The summed E-state index contributed by atoms with van der Waals surface area (Å²) in [6.07, 6.45) is 6.40. The minimum atomic E-state index is 0.120. The first-order chi connectivity index (χ1) is 12.7. The Balaban J connectivity index is 1.53. The minimum absolute atomic E-state index is 0.120. The highest BCUT2D eigenvalue weighted by molar-refractivity contribution is 7.07. The topological polar surface area (TPSA) is 46.8 Å². The molecule has 1 saturated heterocycles. The molecule has 26 heavy (non-hydrogen) atoms.